The Morgan fingerprint density at radius 3 is 2.43 bits per heavy atom. The summed E-state index contributed by atoms with van der Waals surface area (Å²) in [6.45, 7) is 0. The highest BCUT2D eigenvalue weighted by atomic mass is 35.5. The fourth-order valence-electron chi connectivity index (χ4n) is 2.00. The van der Waals surface area contributed by atoms with Gasteiger partial charge in [-0.3, -0.25) is 10.1 Å². The Balaban J connectivity index is 2.57. The quantitative estimate of drug-likeness (QED) is 0.388. The zero-order valence-electron chi connectivity index (χ0n) is 12.0. The molecule has 1 N–H and O–H groups in total. The van der Waals surface area contributed by atoms with E-state index in [1.54, 1.807) is 24.3 Å². The third-order valence-corrected chi connectivity index (χ3v) is 3.35. The van der Waals surface area contributed by atoms with Gasteiger partial charge in [0.1, 0.15) is 5.75 Å². The SMILES string of the molecule is COc1ccc(/C(=C\c2cc(Cl)ccc2[N+](=O)[O-])C(=O)O)cc1. The number of hydrogen-bond acceptors (Lipinski definition) is 4. The van der Waals surface area contributed by atoms with Gasteiger partial charge in [-0.2, -0.15) is 0 Å². The van der Waals surface area contributed by atoms with Gasteiger partial charge in [-0.15, -0.1) is 0 Å². The Bertz CT molecular complexity index is 784. The average Bonchev–Trinajstić information content (AvgIpc) is 2.52. The van der Waals surface area contributed by atoms with Crippen LogP contribution in [0.4, 0.5) is 5.69 Å². The summed E-state index contributed by atoms with van der Waals surface area (Å²) < 4.78 is 5.02. The van der Waals surface area contributed by atoms with Gasteiger partial charge in [0.25, 0.3) is 5.69 Å². The highest BCUT2D eigenvalue weighted by molar-refractivity contribution is 6.31. The molecule has 2 aromatic carbocycles. The van der Waals surface area contributed by atoms with Crippen molar-refractivity contribution >= 4 is 34.9 Å². The molecule has 0 fully saturated rings. The first-order valence-electron chi connectivity index (χ1n) is 6.45. The van der Waals surface area contributed by atoms with Crippen LogP contribution in [-0.4, -0.2) is 23.1 Å². The largest absolute Gasteiger partial charge is 0.497 e. The zero-order chi connectivity index (χ0) is 17.0. The molecule has 0 aliphatic rings. The Hall–Kier alpha value is -2.86. The number of nitro groups is 1. The van der Waals surface area contributed by atoms with Crippen LogP contribution in [0.5, 0.6) is 5.75 Å². The maximum Gasteiger partial charge on any atom is 0.336 e. The number of nitrogens with zero attached hydrogens (tertiary/aromatic N) is 1. The molecule has 0 amide bonds. The van der Waals surface area contributed by atoms with Crippen molar-refractivity contribution in [1.29, 1.82) is 0 Å². The number of rotatable bonds is 5. The van der Waals surface area contributed by atoms with Crippen LogP contribution < -0.4 is 4.74 Å². The molecule has 0 aliphatic carbocycles. The molecule has 7 heteroatoms. The van der Waals surface area contributed by atoms with Gasteiger partial charge in [-0.25, -0.2) is 4.79 Å². The molecule has 0 unspecified atom stereocenters. The van der Waals surface area contributed by atoms with Crippen LogP contribution in [-0.2, 0) is 4.79 Å². The van der Waals surface area contributed by atoms with E-state index < -0.39 is 10.9 Å². The molecule has 0 saturated heterocycles. The lowest BCUT2D eigenvalue weighted by Crippen LogP contribution is -2.00. The molecule has 0 heterocycles. The second kappa shape index (κ2) is 6.93. The van der Waals surface area contributed by atoms with E-state index in [0.29, 0.717) is 11.3 Å². The normalized spacial score (nSPS) is 11.1. The smallest absolute Gasteiger partial charge is 0.336 e. The van der Waals surface area contributed by atoms with Crippen molar-refractivity contribution in [3.8, 4) is 5.75 Å². The monoisotopic (exact) mass is 333 g/mol. The molecule has 0 saturated carbocycles. The number of ether oxygens (including phenoxy) is 1. The number of halogens is 1. The molecular weight excluding hydrogens is 322 g/mol. The number of carbonyl (C=O) groups is 1. The Labute approximate surface area is 136 Å². The third kappa shape index (κ3) is 3.87. The summed E-state index contributed by atoms with van der Waals surface area (Å²) in [5.41, 5.74) is 0.211. The number of benzene rings is 2. The lowest BCUT2D eigenvalue weighted by molar-refractivity contribution is -0.385. The second-order valence-corrected chi connectivity index (χ2v) is 4.99. The van der Waals surface area contributed by atoms with Crippen LogP contribution in [0, 0.1) is 10.1 Å². The van der Waals surface area contributed by atoms with E-state index in [1.165, 1.54) is 31.4 Å². The molecule has 6 nitrogen and oxygen atoms in total. The molecule has 0 radical (unpaired) electrons. The van der Waals surface area contributed by atoms with Gasteiger partial charge in [0.05, 0.1) is 23.2 Å². The summed E-state index contributed by atoms with van der Waals surface area (Å²) in [5.74, 6) is -0.628. The van der Waals surface area contributed by atoms with Crippen LogP contribution in [0.2, 0.25) is 5.02 Å². The average molecular weight is 334 g/mol. The summed E-state index contributed by atoms with van der Waals surface area (Å²) in [6.07, 6.45) is 1.23. The Morgan fingerprint density at radius 2 is 1.91 bits per heavy atom. The van der Waals surface area contributed by atoms with Gasteiger partial charge in [-0.05, 0) is 35.9 Å². The van der Waals surface area contributed by atoms with Crippen molar-refractivity contribution in [2.45, 2.75) is 0 Å². The first-order chi connectivity index (χ1) is 10.9. The van der Waals surface area contributed by atoms with Crippen LogP contribution in [0.3, 0.4) is 0 Å². The first kappa shape index (κ1) is 16.5. The number of methoxy groups -OCH3 is 1. The van der Waals surface area contributed by atoms with Crippen LogP contribution in [0.1, 0.15) is 11.1 Å². The minimum absolute atomic E-state index is 0.0852. The number of nitro benzene ring substituents is 1. The summed E-state index contributed by atoms with van der Waals surface area (Å²) >= 11 is 5.85. The standard InChI is InChI=1S/C16H12ClNO5/c1-23-13-5-2-10(3-6-13)14(16(19)20)9-11-8-12(17)4-7-15(11)18(21)22/h2-9H,1H3,(H,19,20)/b14-9+. The van der Waals surface area contributed by atoms with Crippen LogP contribution >= 0.6 is 11.6 Å². The molecule has 0 bridgehead atoms. The lowest BCUT2D eigenvalue weighted by atomic mass is 10.0. The van der Waals surface area contributed by atoms with Crippen LogP contribution in [0.15, 0.2) is 42.5 Å². The summed E-state index contributed by atoms with van der Waals surface area (Å²) in [6, 6.07) is 10.3. The van der Waals surface area contributed by atoms with E-state index in [2.05, 4.69) is 0 Å². The molecular formula is C16H12ClNO5. The Morgan fingerprint density at radius 1 is 1.26 bits per heavy atom. The fourth-order valence-corrected chi connectivity index (χ4v) is 2.18. The zero-order valence-corrected chi connectivity index (χ0v) is 12.8. The highest BCUT2D eigenvalue weighted by Crippen LogP contribution is 2.28. The topological polar surface area (TPSA) is 89.7 Å². The molecule has 0 aliphatic heterocycles. The highest BCUT2D eigenvalue weighted by Gasteiger charge is 2.17. The number of carboxylic acids is 1. The van der Waals surface area contributed by atoms with E-state index in [4.69, 9.17) is 16.3 Å². The minimum Gasteiger partial charge on any atom is -0.497 e. The van der Waals surface area contributed by atoms with Crippen molar-refractivity contribution in [3.63, 3.8) is 0 Å². The molecule has 2 aromatic rings. The van der Waals surface area contributed by atoms with Crippen LogP contribution in [0.25, 0.3) is 11.6 Å². The van der Waals surface area contributed by atoms with Crippen molar-refractivity contribution in [1.82, 2.24) is 0 Å². The van der Waals surface area contributed by atoms with Crippen molar-refractivity contribution < 1.29 is 19.6 Å². The maximum atomic E-state index is 11.5. The van der Waals surface area contributed by atoms with Crippen molar-refractivity contribution in [2.75, 3.05) is 7.11 Å². The lowest BCUT2D eigenvalue weighted by Gasteiger charge is -2.06. The molecule has 118 valence electrons. The van der Waals surface area contributed by atoms with Crippen molar-refractivity contribution in [3.05, 3.63) is 68.7 Å². The third-order valence-electron chi connectivity index (χ3n) is 3.12. The molecule has 2 rings (SSSR count). The van der Waals surface area contributed by atoms with E-state index in [9.17, 15) is 20.0 Å². The van der Waals surface area contributed by atoms with Gasteiger partial charge in [0.15, 0.2) is 0 Å². The fraction of sp³-hybridized carbons (Fsp3) is 0.0625. The van der Waals surface area contributed by atoms with E-state index in [1.807, 2.05) is 0 Å². The van der Waals surface area contributed by atoms with Crippen molar-refractivity contribution in [2.24, 2.45) is 0 Å². The Kier molecular flexibility index (Phi) is 4.98. The predicted molar refractivity (Wildman–Crippen MR) is 86.6 cm³/mol. The molecule has 0 atom stereocenters. The van der Waals surface area contributed by atoms with Gasteiger partial charge >= 0.3 is 5.97 Å². The number of carboxylic acid groups (broad SMARTS) is 1. The summed E-state index contributed by atoms with van der Waals surface area (Å²) in [5, 5.41) is 20.8. The van der Waals surface area contributed by atoms with Gasteiger partial charge in [0, 0.05) is 11.1 Å². The molecule has 23 heavy (non-hydrogen) atoms. The molecule has 0 aromatic heterocycles. The minimum atomic E-state index is -1.20. The predicted octanol–water partition coefficient (Wildman–Crippen LogP) is 3.88. The van der Waals surface area contributed by atoms with Gasteiger partial charge in [0.2, 0.25) is 0 Å². The first-order valence-corrected chi connectivity index (χ1v) is 6.83. The second-order valence-electron chi connectivity index (χ2n) is 4.55. The van der Waals surface area contributed by atoms with E-state index in [-0.39, 0.29) is 21.8 Å². The van der Waals surface area contributed by atoms with E-state index >= 15 is 0 Å². The molecule has 0 spiro atoms. The number of aliphatic carboxylic acids is 1. The summed E-state index contributed by atoms with van der Waals surface area (Å²) in [7, 11) is 1.50. The van der Waals surface area contributed by atoms with Gasteiger partial charge in [-0.1, -0.05) is 23.7 Å². The van der Waals surface area contributed by atoms with E-state index in [0.717, 1.165) is 0 Å². The maximum absolute atomic E-state index is 11.5. The number of hydrogen-bond donors (Lipinski definition) is 1. The van der Waals surface area contributed by atoms with Gasteiger partial charge < -0.3 is 9.84 Å². The summed E-state index contributed by atoms with van der Waals surface area (Å²) in [4.78, 5) is 22.0.